The molecule has 0 aliphatic carbocycles. The average Bonchev–Trinajstić information content (AvgIpc) is 2.92. The zero-order valence-corrected chi connectivity index (χ0v) is 13.5. The van der Waals surface area contributed by atoms with Crippen molar-refractivity contribution < 1.29 is 23.4 Å². The summed E-state index contributed by atoms with van der Waals surface area (Å²) in [6.45, 7) is 2.84. The number of benzene rings is 1. The topological polar surface area (TPSA) is 64.4 Å². The van der Waals surface area contributed by atoms with Crippen LogP contribution in [0, 0.1) is 11.6 Å². The van der Waals surface area contributed by atoms with Gasteiger partial charge in [-0.3, -0.25) is 0 Å². The van der Waals surface area contributed by atoms with E-state index in [1.807, 2.05) is 6.92 Å². The highest BCUT2D eigenvalue weighted by molar-refractivity contribution is 5.92. The van der Waals surface area contributed by atoms with Crippen LogP contribution in [0.1, 0.15) is 28.5 Å². The van der Waals surface area contributed by atoms with Crippen LogP contribution in [0.3, 0.4) is 0 Å². The SMILES string of the molecule is CCOCc1cn(Cc2ccc(F)cc2F)c2cnc(C(=O)O)cc12. The van der Waals surface area contributed by atoms with Gasteiger partial charge in [-0.1, -0.05) is 6.07 Å². The molecule has 0 saturated heterocycles. The molecule has 0 saturated carbocycles. The number of ether oxygens (including phenoxy) is 1. The second kappa shape index (κ2) is 6.98. The van der Waals surface area contributed by atoms with Gasteiger partial charge in [-0.05, 0) is 19.1 Å². The van der Waals surface area contributed by atoms with Gasteiger partial charge in [0.2, 0.25) is 0 Å². The lowest BCUT2D eigenvalue weighted by molar-refractivity contribution is 0.0690. The molecule has 0 amide bonds. The Balaban J connectivity index is 2.06. The first-order chi connectivity index (χ1) is 12.0. The molecule has 0 radical (unpaired) electrons. The van der Waals surface area contributed by atoms with Crippen molar-refractivity contribution in [2.75, 3.05) is 6.61 Å². The van der Waals surface area contributed by atoms with Crippen LogP contribution in [0.4, 0.5) is 8.78 Å². The highest BCUT2D eigenvalue weighted by atomic mass is 19.1. The molecule has 7 heteroatoms. The number of fused-ring (bicyclic) bond motifs is 1. The smallest absolute Gasteiger partial charge is 0.354 e. The highest BCUT2D eigenvalue weighted by Gasteiger charge is 2.14. The Morgan fingerprint density at radius 2 is 2.08 bits per heavy atom. The lowest BCUT2D eigenvalue weighted by Gasteiger charge is -2.07. The van der Waals surface area contributed by atoms with E-state index in [9.17, 15) is 13.6 Å². The Kier molecular flexibility index (Phi) is 4.76. The molecular weight excluding hydrogens is 330 g/mol. The van der Waals surface area contributed by atoms with Crippen LogP contribution in [-0.4, -0.2) is 27.2 Å². The fraction of sp³-hybridized carbons (Fsp3) is 0.222. The third kappa shape index (κ3) is 3.51. The zero-order chi connectivity index (χ0) is 18.0. The van der Waals surface area contributed by atoms with E-state index in [0.717, 1.165) is 11.6 Å². The molecule has 25 heavy (non-hydrogen) atoms. The van der Waals surface area contributed by atoms with Crippen LogP contribution >= 0.6 is 0 Å². The van der Waals surface area contributed by atoms with E-state index in [0.29, 0.717) is 29.7 Å². The lowest BCUT2D eigenvalue weighted by atomic mass is 10.2. The maximum atomic E-state index is 13.9. The van der Waals surface area contributed by atoms with Crippen molar-refractivity contribution in [3.8, 4) is 0 Å². The molecule has 0 atom stereocenters. The molecule has 3 rings (SSSR count). The largest absolute Gasteiger partial charge is 0.477 e. The van der Waals surface area contributed by atoms with Gasteiger partial charge in [0, 0.05) is 35.4 Å². The van der Waals surface area contributed by atoms with Gasteiger partial charge < -0.3 is 14.4 Å². The van der Waals surface area contributed by atoms with E-state index in [1.54, 1.807) is 10.8 Å². The van der Waals surface area contributed by atoms with Crippen molar-refractivity contribution in [3.63, 3.8) is 0 Å². The standard InChI is InChI=1S/C18H16F2N2O3/c1-2-25-10-12-9-22(8-11-3-4-13(19)5-15(11)20)17-7-21-16(18(23)24)6-14(12)17/h3-7,9H,2,8,10H2,1H3,(H,23,24). The summed E-state index contributed by atoms with van der Waals surface area (Å²) in [7, 11) is 0. The Labute approximate surface area is 142 Å². The van der Waals surface area contributed by atoms with Crippen molar-refractivity contribution in [1.82, 2.24) is 9.55 Å². The first-order valence-electron chi connectivity index (χ1n) is 7.72. The van der Waals surface area contributed by atoms with Gasteiger partial charge in [0.25, 0.3) is 0 Å². The Hall–Kier alpha value is -2.80. The fourth-order valence-corrected chi connectivity index (χ4v) is 2.67. The number of carbonyl (C=O) groups is 1. The van der Waals surface area contributed by atoms with Crippen LogP contribution in [0.25, 0.3) is 10.9 Å². The monoisotopic (exact) mass is 346 g/mol. The molecule has 0 spiro atoms. The van der Waals surface area contributed by atoms with Crippen LogP contribution in [-0.2, 0) is 17.9 Å². The molecule has 130 valence electrons. The highest BCUT2D eigenvalue weighted by Crippen LogP contribution is 2.24. The van der Waals surface area contributed by atoms with Crippen molar-refractivity contribution in [2.24, 2.45) is 0 Å². The molecule has 0 unspecified atom stereocenters. The molecule has 1 aromatic carbocycles. The van der Waals surface area contributed by atoms with Gasteiger partial charge in [0.1, 0.15) is 17.3 Å². The molecule has 3 aromatic rings. The quantitative estimate of drug-likeness (QED) is 0.741. The third-order valence-electron chi connectivity index (χ3n) is 3.89. The molecule has 5 nitrogen and oxygen atoms in total. The van der Waals surface area contributed by atoms with E-state index in [-0.39, 0.29) is 12.2 Å². The van der Waals surface area contributed by atoms with E-state index in [2.05, 4.69) is 4.98 Å². The summed E-state index contributed by atoms with van der Waals surface area (Å²) in [5.74, 6) is -2.40. The second-order valence-corrected chi connectivity index (χ2v) is 5.55. The second-order valence-electron chi connectivity index (χ2n) is 5.55. The number of rotatable bonds is 6. The first kappa shape index (κ1) is 17.0. The van der Waals surface area contributed by atoms with Crippen molar-refractivity contribution in [1.29, 1.82) is 0 Å². The summed E-state index contributed by atoms with van der Waals surface area (Å²) in [5, 5.41) is 9.81. The number of carboxylic acids is 1. The van der Waals surface area contributed by atoms with Gasteiger partial charge in [0.05, 0.1) is 24.9 Å². The van der Waals surface area contributed by atoms with Gasteiger partial charge in [-0.2, -0.15) is 0 Å². The molecule has 0 fully saturated rings. The third-order valence-corrected chi connectivity index (χ3v) is 3.89. The van der Waals surface area contributed by atoms with Crippen LogP contribution in [0.15, 0.2) is 36.7 Å². The lowest BCUT2D eigenvalue weighted by Crippen LogP contribution is -2.03. The summed E-state index contributed by atoms with van der Waals surface area (Å²) < 4.78 is 34.2. The summed E-state index contributed by atoms with van der Waals surface area (Å²) in [5.41, 5.74) is 1.69. The number of halogens is 2. The predicted octanol–water partition coefficient (Wildman–Crippen LogP) is 3.60. The summed E-state index contributed by atoms with van der Waals surface area (Å²) in [6.07, 6.45) is 3.21. The number of aromatic carboxylic acids is 1. The number of hydrogen-bond donors (Lipinski definition) is 1. The van der Waals surface area contributed by atoms with E-state index in [1.165, 1.54) is 24.4 Å². The first-order valence-corrected chi connectivity index (χ1v) is 7.72. The molecule has 0 aliphatic rings. The molecule has 2 heterocycles. The number of hydrogen-bond acceptors (Lipinski definition) is 3. The minimum Gasteiger partial charge on any atom is -0.477 e. The van der Waals surface area contributed by atoms with E-state index >= 15 is 0 Å². The Bertz CT molecular complexity index is 937. The number of carboxylic acid groups (broad SMARTS) is 1. The summed E-state index contributed by atoms with van der Waals surface area (Å²) in [4.78, 5) is 15.1. The molecule has 2 aromatic heterocycles. The maximum absolute atomic E-state index is 13.9. The average molecular weight is 346 g/mol. The number of pyridine rings is 1. The molecule has 0 aliphatic heterocycles. The Morgan fingerprint density at radius 1 is 1.28 bits per heavy atom. The Morgan fingerprint density at radius 3 is 2.76 bits per heavy atom. The van der Waals surface area contributed by atoms with Gasteiger partial charge in [-0.15, -0.1) is 0 Å². The van der Waals surface area contributed by atoms with E-state index < -0.39 is 17.6 Å². The van der Waals surface area contributed by atoms with Crippen LogP contribution in [0.5, 0.6) is 0 Å². The minimum atomic E-state index is -1.12. The normalized spacial score (nSPS) is 11.2. The number of nitrogens with zero attached hydrogens (tertiary/aromatic N) is 2. The fourth-order valence-electron chi connectivity index (χ4n) is 2.67. The summed E-state index contributed by atoms with van der Waals surface area (Å²) >= 11 is 0. The van der Waals surface area contributed by atoms with Gasteiger partial charge in [0.15, 0.2) is 0 Å². The van der Waals surface area contributed by atoms with Crippen LogP contribution in [0.2, 0.25) is 0 Å². The molecule has 1 N–H and O–H groups in total. The van der Waals surface area contributed by atoms with Crippen LogP contribution < -0.4 is 0 Å². The van der Waals surface area contributed by atoms with Crippen molar-refractivity contribution in [2.45, 2.75) is 20.1 Å². The maximum Gasteiger partial charge on any atom is 0.354 e. The molecular formula is C18H16F2N2O3. The van der Waals surface area contributed by atoms with Crippen molar-refractivity contribution >= 4 is 16.9 Å². The predicted molar refractivity (Wildman–Crippen MR) is 87.5 cm³/mol. The molecule has 0 bridgehead atoms. The van der Waals surface area contributed by atoms with E-state index in [4.69, 9.17) is 9.84 Å². The number of aromatic nitrogens is 2. The summed E-state index contributed by atoms with van der Waals surface area (Å²) in [6, 6.07) is 4.90. The van der Waals surface area contributed by atoms with Crippen molar-refractivity contribution in [3.05, 3.63) is 65.1 Å². The van der Waals surface area contributed by atoms with Gasteiger partial charge >= 0.3 is 5.97 Å². The minimum absolute atomic E-state index is 0.0732. The zero-order valence-electron chi connectivity index (χ0n) is 13.5. The van der Waals surface area contributed by atoms with Gasteiger partial charge in [-0.25, -0.2) is 18.6 Å².